The molecule has 0 N–H and O–H groups in total. The van der Waals surface area contributed by atoms with E-state index in [1.165, 1.54) is 12.1 Å². The van der Waals surface area contributed by atoms with E-state index in [9.17, 15) is 14.0 Å². The molecule has 30 heavy (non-hydrogen) atoms. The molecule has 3 aromatic rings. The Morgan fingerprint density at radius 3 is 2.40 bits per heavy atom. The van der Waals surface area contributed by atoms with Gasteiger partial charge in [-0.3, -0.25) is 9.59 Å². The first-order chi connectivity index (χ1) is 14.5. The third-order valence-corrected chi connectivity index (χ3v) is 5.62. The molecule has 1 aliphatic rings. The van der Waals surface area contributed by atoms with E-state index in [0.717, 1.165) is 11.2 Å². The molecule has 7 heteroatoms. The van der Waals surface area contributed by atoms with Crippen molar-refractivity contribution in [3.63, 3.8) is 0 Å². The first-order valence-corrected chi connectivity index (χ1v) is 10.0. The third kappa shape index (κ3) is 3.63. The second-order valence-electron chi connectivity index (χ2n) is 7.30. The van der Waals surface area contributed by atoms with Crippen LogP contribution in [0.4, 0.5) is 10.1 Å². The minimum absolute atomic E-state index is 0.174. The number of piperazine rings is 1. The molecular formula is C23H24FN3O3. The molecule has 0 spiro atoms. The van der Waals surface area contributed by atoms with Crippen LogP contribution in [0.1, 0.15) is 17.3 Å². The van der Waals surface area contributed by atoms with E-state index in [1.807, 2.05) is 23.6 Å². The van der Waals surface area contributed by atoms with Crippen LogP contribution < -0.4 is 15.1 Å². The molecule has 1 amide bonds. The summed E-state index contributed by atoms with van der Waals surface area (Å²) in [6, 6.07) is 11.7. The molecule has 1 saturated heterocycles. The minimum Gasteiger partial charge on any atom is -0.497 e. The highest BCUT2D eigenvalue weighted by atomic mass is 19.1. The lowest BCUT2D eigenvalue weighted by Gasteiger charge is -2.36. The number of methoxy groups -OCH3 is 1. The molecule has 1 fully saturated rings. The van der Waals surface area contributed by atoms with Gasteiger partial charge < -0.3 is 19.1 Å². The molecular weight excluding hydrogens is 385 g/mol. The van der Waals surface area contributed by atoms with Crippen LogP contribution in [0, 0.1) is 5.82 Å². The minimum atomic E-state index is -0.278. The summed E-state index contributed by atoms with van der Waals surface area (Å²) >= 11 is 0. The Labute approximate surface area is 174 Å². The summed E-state index contributed by atoms with van der Waals surface area (Å²) in [5, 5.41) is 0.479. The number of pyridine rings is 1. The van der Waals surface area contributed by atoms with E-state index in [4.69, 9.17) is 4.74 Å². The van der Waals surface area contributed by atoms with Gasteiger partial charge in [0.2, 0.25) is 5.43 Å². The zero-order chi connectivity index (χ0) is 21.3. The van der Waals surface area contributed by atoms with Crippen molar-refractivity contribution < 1.29 is 13.9 Å². The van der Waals surface area contributed by atoms with Gasteiger partial charge in [0.1, 0.15) is 17.1 Å². The maximum Gasteiger partial charge on any atom is 0.259 e. The summed E-state index contributed by atoms with van der Waals surface area (Å²) in [4.78, 5) is 30.1. The summed E-state index contributed by atoms with van der Waals surface area (Å²) < 4.78 is 20.3. The molecule has 1 aromatic heterocycles. The van der Waals surface area contributed by atoms with Crippen molar-refractivity contribution in [3.8, 4) is 5.75 Å². The van der Waals surface area contributed by atoms with Crippen LogP contribution in [-0.2, 0) is 6.54 Å². The van der Waals surface area contributed by atoms with Crippen LogP contribution in [0.3, 0.4) is 0 Å². The fourth-order valence-electron chi connectivity index (χ4n) is 3.91. The predicted octanol–water partition coefficient (Wildman–Crippen LogP) is 3.13. The molecule has 0 unspecified atom stereocenters. The lowest BCUT2D eigenvalue weighted by Crippen LogP contribution is -2.49. The van der Waals surface area contributed by atoms with Crippen LogP contribution in [0.5, 0.6) is 5.75 Å². The van der Waals surface area contributed by atoms with E-state index in [0.29, 0.717) is 43.9 Å². The van der Waals surface area contributed by atoms with Crippen LogP contribution in [0.2, 0.25) is 0 Å². The van der Waals surface area contributed by atoms with Crippen LogP contribution in [-0.4, -0.2) is 48.7 Å². The number of carbonyl (C=O) groups is 1. The maximum atomic E-state index is 13.2. The molecule has 156 valence electrons. The number of carbonyl (C=O) groups excluding carboxylic acids is 1. The molecule has 0 atom stereocenters. The fourth-order valence-corrected chi connectivity index (χ4v) is 3.91. The van der Waals surface area contributed by atoms with E-state index in [2.05, 4.69) is 4.90 Å². The van der Waals surface area contributed by atoms with Crippen molar-refractivity contribution >= 4 is 22.5 Å². The number of hydrogen-bond acceptors (Lipinski definition) is 4. The number of anilines is 1. The van der Waals surface area contributed by atoms with Crippen molar-refractivity contribution in [2.45, 2.75) is 13.5 Å². The van der Waals surface area contributed by atoms with Crippen LogP contribution in [0.15, 0.2) is 53.5 Å². The Morgan fingerprint density at radius 1 is 1.07 bits per heavy atom. The molecule has 0 radical (unpaired) electrons. The first kappa shape index (κ1) is 19.9. The van der Waals surface area contributed by atoms with Gasteiger partial charge >= 0.3 is 0 Å². The van der Waals surface area contributed by atoms with Gasteiger partial charge in [-0.2, -0.15) is 0 Å². The number of nitrogens with zero attached hydrogens (tertiary/aromatic N) is 3. The normalized spacial score (nSPS) is 14.2. The fraction of sp³-hybridized carbons (Fsp3) is 0.304. The van der Waals surface area contributed by atoms with Crippen LogP contribution >= 0.6 is 0 Å². The van der Waals surface area contributed by atoms with Gasteiger partial charge in [-0.15, -0.1) is 0 Å². The molecule has 2 aromatic carbocycles. The number of ether oxygens (including phenoxy) is 1. The first-order valence-electron chi connectivity index (χ1n) is 10.0. The van der Waals surface area contributed by atoms with Gasteiger partial charge in [-0.25, -0.2) is 4.39 Å². The summed E-state index contributed by atoms with van der Waals surface area (Å²) in [7, 11) is 1.55. The van der Waals surface area contributed by atoms with E-state index < -0.39 is 0 Å². The topological polar surface area (TPSA) is 54.8 Å². The summed E-state index contributed by atoms with van der Waals surface area (Å²) in [6.45, 7) is 4.86. The number of fused-ring (bicyclic) bond motifs is 1. The lowest BCUT2D eigenvalue weighted by molar-refractivity contribution is 0.0745. The quantitative estimate of drug-likeness (QED) is 0.664. The van der Waals surface area contributed by atoms with Crippen molar-refractivity contribution in [2.75, 3.05) is 38.2 Å². The molecule has 1 aliphatic heterocycles. The average Bonchev–Trinajstić information content (AvgIpc) is 2.79. The Balaban J connectivity index is 1.60. The Morgan fingerprint density at radius 2 is 1.77 bits per heavy atom. The molecule has 4 rings (SSSR count). The number of aromatic nitrogens is 1. The summed E-state index contributed by atoms with van der Waals surface area (Å²) in [5.41, 5.74) is 1.60. The standard InChI is InChI=1S/C23H24FN3O3/c1-3-25-15-20(22(28)19-14-18(30-2)8-9-21(19)25)23(29)27-12-10-26(11-13-27)17-6-4-16(24)5-7-17/h4-9,14-15H,3,10-13H2,1-2H3. The number of hydrogen-bond donors (Lipinski definition) is 0. The van der Waals surface area contributed by atoms with E-state index in [-0.39, 0.29) is 22.7 Å². The highest BCUT2D eigenvalue weighted by Crippen LogP contribution is 2.21. The van der Waals surface area contributed by atoms with E-state index in [1.54, 1.807) is 36.4 Å². The van der Waals surface area contributed by atoms with Gasteiger partial charge in [0.15, 0.2) is 0 Å². The molecule has 0 aliphatic carbocycles. The zero-order valence-corrected chi connectivity index (χ0v) is 17.1. The Bertz CT molecular complexity index is 1130. The Kier molecular flexibility index (Phi) is 5.44. The molecule has 0 bridgehead atoms. The number of amides is 1. The van der Waals surface area contributed by atoms with E-state index >= 15 is 0 Å². The molecule has 6 nitrogen and oxygen atoms in total. The number of aryl methyl sites for hydroxylation is 1. The van der Waals surface area contributed by atoms with Gasteiger partial charge in [0, 0.05) is 44.6 Å². The van der Waals surface area contributed by atoms with Crippen molar-refractivity contribution in [1.82, 2.24) is 9.47 Å². The maximum absolute atomic E-state index is 13.2. The van der Waals surface area contributed by atoms with Gasteiger partial charge in [0.05, 0.1) is 18.0 Å². The van der Waals surface area contributed by atoms with Gasteiger partial charge in [-0.05, 0) is 49.4 Å². The largest absolute Gasteiger partial charge is 0.497 e. The Hall–Kier alpha value is -3.35. The summed E-state index contributed by atoms with van der Waals surface area (Å²) in [5.74, 6) is 0.0538. The highest BCUT2D eigenvalue weighted by molar-refractivity contribution is 5.97. The third-order valence-electron chi connectivity index (χ3n) is 5.62. The average molecular weight is 409 g/mol. The number of rotatable bonds is 4. The second-order valence-corrected chi connectivity index (χ2v) is 7.30. The predicted molar refractivity (Wildman–Crippen MR) is 115 cm³/mol. The van der Waals surface area contributed by atoms with Crippen LogP contribution in [0.25, 0.3) is 10.9 Å². The molecule has 2 heterocycles. The number of benzene rings is 2. The van der Waals surface area contributed by atoms with Crippen molar-refractivity contribution in [1.29, 1.82) is 0 Å². The van der Waals surface area contributed by atoms with Crippen molar-refractivity contribution in [3.05, 3.63) is 70.3 Å². The smallest absolute Gasteiger partial charge is 0.259 e. The monoisotopic (exact) mass is 409 g/mol. The summed E-state index contributed by atoms with van der Waals surface area (Å²) in [6.07, 6.45) is 1.66. The van der Waals surface area contributed by atoms with Gasteiger partial charge in [0.25, 0.3) is 5.91 Å². The molecule has 0 saturated carbocycles. The lowest BCUT2D eigenvalue weighted by atomic mass is 10.1. The highest BCUT2D eigenvalue weighted by Gasteiger charge is 2.25. The van der Waals surface area contributed by atoms with Crippen molar-refractivity contribution in [2.24, 2.45) is 0 Å². The van der Waals surface area contributed by atoms with Gasteiger partial charge in [-0.1, -0.05) is 0 Å². The zero-order valence-electron chi connectivity index (χ0n) is 17.1. The second kappa shape index (κ2) is 8.18. The SMILES string of the molecule is CCn1cc(C(=O)N2CCN(c3ccc(F)cc3)CC2)c(=O)c2cc(OC)ccc21. The number of halogens is 1.